The van der Waals surface area contributed by atoms with Crippen molar-refractivity contribution in [2.45, 2.75) is 57.3 Å². The third-order valence-corrected chi connectivity index (χ3v) is 6.42. The van der Waals surface area contributed by atoms with Crippen LogP contribution < -0.4 is 4.90 Å². The second-order valence-corrected chi connectivity index (χ2v) is 8.44. The zero-order chi connectivity index (χ0) is 20.9. The largest absolute Gasteiger partial charge is 0.371 e. The maximum atomic E-state index is 11.5. The van der Waals surface area contributed by atoms with E-state index in [9.17, 15) is 10.1 Å². The van der Waals surface area contributed by atoms with Gasteiger partial charge < -0.3 is 9.64 Å². The highest BCUT2D eigenvalue weighted by atomic mass is 16.6. The van der Waals surface area contributed by atoms with Gasteiger partial charge in [-0.05, 0) is 30.9 Å². The van der Waals surface area contributed by atoms with Gasteiger partial charge in [0.05, 0.1) is 11.5 Å². The average Bonchev–Trinajstić information content (AvgIpc) is 2.80. The molecule has 1 atom stereocenters. The maximum Gasteiger partial charge on any atom is 0.270 e. The molecule has 0 bridgehead atoms. The summed E-state index contributed by atoms with van der Waals surface area (Å²) in [5.41, 5.74) is 3.31. The summed E-state index contributed by atoms with van der Waals surface area (Å²) in [5, 5.41) is 11.5. The van der Waals surface area contributed by atoms with Gasteiger partial charge in [-0.2, -0.15) is 0 Å². The molecule has 1 aliphatic heterocycles. The number of hydrogen-bond acceptors (Lipinski definition) is 5. The lowest BCUT2D eigenvalue weighted by Crippen LogP contribution is -2.39. The van der Waals surface area contributed by atoms with Crippen LogP contribution in [-0.4, -0.2) is 36.1 Å². The van der Waals surface area contributed by atoms with Crippen molar-refractivity contribution >= 4 is 11.4 Å². The van der Waals surface area contributed by atoms with Crippen LogP contribution in [0.25, 0.3) is 0 Å². The molecule has 1 saturated carbocycles. The Balaban J connectivity index is 1.68. The van der Waals surface area contributed by atoms with Crippen LogP contribution in [0.3, 0.4) is 0 Å². The Labute approximate surface area is 178 Å². The fourth-order valence-electron chi connectivity index (χ4n) is 4.79. The van der Waals surface area contributed by atoms with Gasteiger partial charge in [0, 0.05) is 49.6 Å². The van der Waals surface area contributed by atoms with E-state index in [0.717, 1.165) is 30.8 Å². The Morgan fingerprint density at radius 1 is 1.10 bits per heavy atom. The van der Waals surface area contributed by atoms with E-state index in [1.807, 2.05) is 24.3 Å². The standard InChI is InChI=1S/C24H31N3O3/c1-25(20-11-6-3-7-12-20)23-14-13-21(27(28)29)17-22(23)24-26(15-8-16-30-24)18-19-9-4-2-5-10-19/h2,4-5,9-10,13-14,17,20,24H,3,6-8,11-12,15-16,18H2,1H3. The summed E-state index contributed by atoms with van der Waals surface area (Å²) in [6.07, 6.45) is 6.83. The lowest BCUT2D eigenvalue weighted by molar-refractivity contribution is -0.385. The third-order valence-electron chi connectivity index (χ3n) is 6.42. The lowest BCUT2D eigenvalue weighted by atomic mass is 9.93. The SMILES string of the molecule is CN(c1ccc([N+](=O)[O-])cc1C1OCCCN1Cc1ccccc1)C1CCCCC1. The van der Waals surface area contributed by atoms with E-state index in [1.165, 1.54) is 37.7 Å². The van der Waals surface area contributed by atoms with Crippen molar-refractivity contribution in [3.63, 3.8) is 0 Å². The zero-order valence-corrected chi connectivity index (χ0v) is 17.7. The number of nitrogens with zero attached hydrogens (tertiary/aromatic N) is 3. The molecule has 1 saturated heterocycles. The summed E-state index contributed by atoms with van der Waals surface area (Å²) in [6, 6.07) is 16.1. The molecule has 160 valence electrons. The molecule has 6 nitrogen and oxygen atoms in total. The van der Waals surface area contributed by atoms with Gasteiger partial charge in [0.1, 0.15) is 6.23 Å². The van der Waals surface area contributed by atoms with Gasteiger partial charge in [0.15, 0.2) is 0 Å². The molecule has 0 N–H and O–H groups in total. The minimum atomic E-state index is -0.307. The first-order valence-electron chi connectivity index (χ1n) is 11.0. The van der Waals surface area contributed by atoms with E-state index in [-0.39, 0.29) is 16.8 Å². The van der Waals surface area contributed by atoms with Crippen LogP contribution in [0.5, 0.6) is 0 Å². The van der Waals surface area contributed by atoms with Gasteiger partial charge in [0.25, 0.3) is 5.69 Å². The van der Waals surface area contributed by atoms with Crippen LogP contribution in [0.1, 0.15) is 55.9 Å². The molecule has 2 aliphatic rings. The normalized spacial score (nSPS) is 20.8. The Bertz CT molecular complexity index is 852. The molecule has 0 radical (unpaired) electrons. The second-order valence-electron chi connectivity index (χ2n) is 8.44. The van der Waals surface area contributed by atoms with Gasteiger partial charge in [0.2, 0.25) is 0 Å². The monoisotopic (exact) mass is 409 g/mol. The number of benzene rings is 2. The predicted molar refractivity (Wildman–Crippen MR) is 119 cm³/mol. The topological polar surface area (TPSA) is 58.9 Å². The number of non-ortho nitro benzene ring substituents is 1. The molecule has 2 fully saturated rings. The number of ether oxygens (including phenoxy) is 1. The first-order chi connectivity index (χ1) is 14.6. The van der Waals surface area contributed by atoms with Crippen LogP contribution in [0.4, 0.5) is 11.4 Å². The van der Waals surface area contributed by atoms with E-state index in [0.29, 0.717) is 12.6 Å². The number of anilines is 1. The van der Waals surface area contributed by atoms with E-state index in [4.69, 9.17) is 4.74 Å². The Morgan fingerprint density at radius 2 is 1.87 bits per heavy atom. The van der Waals surface area contributed by atoms with Crippen LogP contribution >= 0.6 is 0 Å². The zero-order valence-electron chi connectivity index (χ0n) is 17.7. The van der Waals surface area contributed by atoms with Crippen LogP contribution in [0.15, 0.2) is 48.5 Å². The highest BCUT2D eigenvalue weighted by Gasteiger charge is 2.31. The summed E-state index contributed by atoms with van der Waals surface area (Å²) in [6.45, 7) is 2.35. The number of nitro benzene ring substituents is 1. The Kier molecular flexibility index (Phi) is 6.65. The fourth-order valence-corrected chi connectivity index (χ4v) is 4.79. The van der Waals surface area contributed by atoms with E-state index in [2.05, 4.69) is 29.0 Å². The Hall–Kier alpha value is -2.44. The highest BCUT2D eigenvalue weighted by molar-refractivity contribution is 5.59. The van der Waals surface area contributed by atoms with E-state index < -0.39 is 0 Å². The summed E-state index contributed by atoms with van der Waals surface area (Å²) in [4.78, 5) is 15.9. The number of rotatable bonds is 6. The van der Waals surface area contributed by atoms with Crippen molar-refractivity contribution in [1.29, 1.82) is 0 Å². The number of hydrogen-bond donors (Lipinski definition) is 0. The van der Waals surface area contributed by atoms with Gasteiger partial charge in [-0.25, -0.2) is 0 Å². The molecule has 1 aliphatic carbocycles. The molecule has 2 aromatic carbocycles. The van der Waals surface area contributed by atoms with E-state index in [1.54, 1.807) is 12.1 Å². The minimum Gasteiger partial charge on any atom is -0.371 e. The molecule has 6 heteroatoms. The molecular weight excluding hydrogens is 378 g/mol. The number of nitro groups is 1. The molecule has 2 aromatic rings. The first-order valence-corrected chi connectivity index (χ1v) is 11.0. The Morgan fingerprint density at radius 3 is 2.60 bits per heavy atom. The van der Waals surface area contributed by atoms with Crippen molar-refractivity contribution in [2.75, 3.05) is 25.1 Å². The maximum absolute atomic E-state index is 11.5. The lowest BCUT2D eigenvalue weighted by Gasteiger charge is -2.39. The minimum absolute atomic E-state index is 0.125. The molecule has 0 spiro atoms. The van der Waals surface area contributed by atoms with Crippen molar-refractivity contribution < 1.29 is 9.66 Å². The van der Waals surface area contributed by atoms with E-state index >= 15 is 0 Å². The van der Waals surface area contributed by atoms with Crippen LogP contribution in [-0.2, 0) is 11.3 Å². The van der Waals surface area contributed by atoms with Crippen molar-refractivity contribution in [3.8, 4) is 0 Å². The first kappa shape index (κ1) is 20.8. The molecule has 30 heavy (non-hydrogen) atoms. The van der Waals surface area contributed by atoms with Crippen molar-refractivity contribution in [1.82, 2.24) is 4.90 Å². The summed E-state index contributed by atoms with van der Waals surface area (Å²) in [7, 11) is 2.13. The van der Waals surface area contributed by atoms with Gasteiger partial charge in [-0.1, -0.05) is 49.6 Å². The molecule has 1 heterocycles. The quantitative estimate of drug-likeness (QED) is 0.480. The predicted octanol–water partition coefficient (Wildman–Crippen LogP) is 5.28. The van der Waals surface area contributed by atoms with Gasteiger partial charge >= 0.3 is 0 Å². The molecule has 4 rings (SSSR count). The fraction of sp³-hybridized carbons (Fsp3) is 0.500. The smallest absolute Gasteiger partial charge is 0.270 e. The van der Waals surface area contributed by atoms with Gasteiger partial charge in [-0.15, -0.1) is 0 Å². The molecule has 0 amide bonds. The molecule has 0 aromatic heterocycles. The third kappa shape index (κ3) is 4.65. The summed E-state index contributed by atoms with van der Waals surface area (Å²) in [5.74, 6) is 0. The van der Waals surface area contributed by atoms with Crippen LogP contribution in [0, 0.1) is 10.1 Å². The van der Waals surface area contributed by atoms with Crippen molar-refractivity contribution in [3.05, 3.63) is 69.8 Å². The summed E-state index contributed by atoms with van der Waals surface area (Å²) >= 11 is 0. The average molecular weight is 410 g/mol. The molecule has 1 unspecified atom stereocenters. The van der Waals surface area contributed by atoms with Crippen molar-refractivity contribution in [2.24, 2.45) is 0 Å². The highest BCUT2D eigenvalue weighted by Crippen LogP contribution is 2.38. The van der Waals surface area contributed by atoms with Gasteiger partial charge in [-0.3, -0.25) is 15.0 Å². The molecular formula is C24H31N3O3. The van der Waals surface area contributed by atoms with Crippen LogP contribution in [0.2, 0.25) is 0 Å². The summed E-state index contributed by atoms with van der Waals surface area (Å²) < 4.78 is 6.24. The second kappa shape index (κ2) is 9.58.